The van der Waals surface area contributed by atoms with E-state index >= 15 is 0 Å². The summed E-state index contributed by atoms with van der Waals surface area (Å²) in [5.41, 5.74) is 4.71. The fraction of sp³-hybridized carbons (Fsp3) is 0.143. The molecule has 8 heteroatoms. The predicted molar refractivity (Wildman–Crippen MR) is 141 cm³/mol. The molecule has 5 rings (SSSR count). The van der Waals surface area contributed by atoms with Crippen LogP contribution in [0.1, 0.15) is 39.9 Å². The van der Waals surface area contributed by atoms with E-state index in [1.165, 1.54) is 7.11 Å². The molecule has 182 valence electrons. The number of hydrogen-bond acceptors (Lipinski definition) is 5. The third-order valence-corrected chi connectivity index (χ3v) is 7.27. The second-order valence-electron chi connectivity index (χ2n) is 8.45. The fourth-order valence-corrected chi connectivity index (χ4v) is 5.50. The number of fused-ring (bicyclic) bond motifs is 2. The van der Waals surface area contributed by atoms with E-state index in [2.05, 4.69) is 5.32 Å². The summed E-state index contributed by atoms with van der Waals surface area (Å²) in [7, 11) is 1.31. The molecule has 1 aliphatic heterocycles. The van der Waals surface area contributed by atoms with E-state index in [-0.39, 0.29) is 28.2 Å². The van der Waals surface area contributed by atoms with Gasteiger partial charge in [-0.1, -0.05) is 77.3 Å². The molecule has 0 aromatic heterocycles. The number of allylic oxidation sites excluding steroid dienone is 2. The molecule has 0 unspecified atom stereocenters. The van der Waals surface area contributed by atoms with Crippen molar-refractivity contribution in [2.75, 3.05) is 7.11 Å². The molecule has 0 radical (unpaired) electrons. The van der Waals surface area contributed by atoms with Gasteiger partial charge < -0.3 is 14.8 Å². The second kappa shape index (κ2) is 9.66. The molecular weight excluding hydrogens is 521 g/mol. The van der Waals surface area contributed by atoms with Crippen molar-refractivity contribution in [2.45, 2.75) is 19.4 Å². The van der Waals surface area contributed by atoms with Crippen LogP contribution in [0.25, 0.3) is 5.70 Å². The number of carbonyl (C=O) groups is 2. The van der Waals surface area contributed by atoms with Gasteiger partial charge in [-0.2, -0.15) is 0 Å². The molecule has 0 amide bonds. The zero-order valence-corrected chi connectivity index (χ0v) is 21.6. The Morgan fingerprint density at radius 2 is 1.58 bits per heavy atom. The minimum atomic E-state index is -0.735. The van der Waals surface area contributed by atoms with Crippen molar-refractivity contribution < 1.29 is 19.1 Å². The first-order valence-electron chi connectivity index (χ1n) is 11.1. The van der Waals surface area contributed by atoms with Crippen LogP contribution in [0.2, 0.25) is 15.1 Å². The van der Waals surface area contributed by atoms with Gasteiger partial charge in [-0.05, 0) is 30.7 Å². The summed E-state index contributed by atoms with van der Waals surface area (Å²) in [6.07, 6.45) is 0. The predicted octanol–water partition coefficient (Wildman–Crippen LogP) is 6.97. The molecule has 1 N–H and O–H groups in total. The van der Waals surface area contributed by atoms with Gasteiger partial charge in [0.1, 0.15) is 6.61 Å². The Balaban J connectivity index is 1.59. The summed E-state index contributed by atoms with van der Waals surface area (Å²) in [5, 5.41) is 4.31. The Labute approximate surface area is 223 Å². The molecule has 3 aromatic rings. The first kappa shape index (κ1) is 24.4. The average molecular weight is 541 g/mol. The standard InChI is InChI=1S/C28H20Cl3NO4/c1-14-22(28(34)35-2)23(24-25(32-14)17-8-4-5-9-18(17)26(24)33)16-11-20(30)27(21(31)12-16)36-13-15-7-3-6-10-19(15)29/h3-12,23,32H,13H2,1-2H3/t23-/m1/s1. The fourth-order valence-electron chi connectivity index (χ4n) is 4.69. The first-order chi connectivity index (χ1) is 17.3. The minimum absolute atomic E-state index is 0.168. The maximum atomic E-state index is 13.5. The normalized spacial score (nSPS) is 16.5. The zero-order chi connectivity index (χ0) is 25.6. The Morgan fingerprint density at radius 1 is 0.944 bits per heavy atom. The van der Waals surface area contributed by atoms with E-state index in [1.54, 1.807) is 31.2 Å². The van der Waals surface area contributed by atoms with Crippen molar-refractivity contribution in [2.24, 2.45) is 0 Å². The number of rotatable bonds is 5. The smallest absolute Gasteiger partial charge is 0.336 e. The number of esters is 1. The van der Waals surface area contributed by atoms with Crippen LogP contribution in [0.3, 0.4) is 0 Å². The van der Waals surface area contributed by atoms with E-state index in [0.717, 1.165) is 11.1 Å². The van der Waals surface area contributed by atoms with Crippen molar-refractivity contribution in [1.82, 2.24) is 5.32 Å². The molecule has 3 aromatic carbocycles. The Hall–Kier alpha value is -3.25. The van der Waals surface area contributed by atoms with Crippen LogP contribution in [0.15, 0.2) is 77.5 Å². The molecule has 0 saturated heterocycles. The van der Waals surface area contributed by atoms with Gasteiger partial charge in [-0.25, -0.2) is 4.79 Å². The number of Topliss-reactive ketones (excluding diaryl/α,β-unsaturated/α-hetero) is 1. The maximum Gasteiger partial charge on any atom is 0.336 e. The summed E-state index contributed by atoms with van der Waals surface area (Å²) >= 11 is 19.5. The summed E-state index contributed by atoms with van der Waals surface area (Å²) in [4.78, 5) is 26.4. The average Bonchev–Trinajstić information content (AvgIpc) is 3.14. The van der Waals surface area contributed by atoms with Gasteiger partial charge in [0.25, 0.3) is 0 Å². The highest BCUT2D eigenvalue weighted by atomic mass is 35.5. The van der Waals surface area contributed by atoms with Crippen LogP contribution in [-0.4, -0.2) is 18.9 Å². The van der Waals surface area contributed by atoms with E-state index < -0.39 is 11.9 Å². The Bertz CT molecular complexity index is 1470. The first-order valence-corrected chi connectivity index (χ1v) is 12.2. The molecule has 2 aliphatic rings. The van der Waals surface area contributed by atoms with Gasteiger partial charge in [0, 0.05) is 38.9 Å². The van der Waals surface area contributed by atoms with Crippen molar-refractivity contribution in [1.29, 1.82) is 0 Å². The van der Waals surface area contributed by atoms with Crippen molar-refractivity contribution in [3.8, 4) is 5.75 Å². The molecule has 36 heavy (non-hydrogen) atoms. The van der Waals surface area contributed by atoms with Gasteiger partial charge in [0.2, 0.25) is 0 Å². The minimum Gasteiger partial charge on any atom is -0.486 e. The molecule has 0 saturated carbocycles. The molecule has 1 atom stereocenters. The number of ether oxygens (including phenoxy) is 2. The van der Waals surface area contributed by atoms with E-state index in [0.29, 0.717) is 38.7 Å². The third-order valence-electron chi connectivity index (χ3n) is 6.34. The quantitative estimate of drug-likeness (QED) is 0.354. The van der Waals surface area contributed by atoms with Crippen molar-refractivity contribution >= 4 is 52.3 Å². The van der Waals surface area contributed by atoms with E-state index in [4.69, 9.17) is 44.3 Å². The number of methoxy groups -OCH3 is 1. The second-order valence-corrected chi connectivity index (χ2v) is 9.67. The zero-order valence-electron chi connectivity index (χ0n) is 19.3. The molecule has 0 spiro atoms. The van der Waals surface area contributed by atoms with Gasteiger partial charge in [0.15, 0.2) is 11.5 Å². The lowest BCUT2D eigenvalue weighted by molar-refractivity contribution is -0.136. The molecule has 0 fully saturated rings. The van der Waals surface area contributed by atoms with Crippen LogP contribution < -0.4 is 10.1 Å². The highest BCUT2D eigenvalue weighted by Gasteiger charge is 2.43. The number of ketones is 1. The topological polar surface area (TPSA) is 64.6 Å². The number of hydrogen-bond donors (Lipinski definition) is 1. The highest BCUT2D eigenvalue weighted by Crippen LogP contribution is 2.48. The number of dihydropyridines is 1. The molecule has 0 bridgehead atoms. The molecule has 5 nitrogen and oxygen atoms in total. The van der Waals surface area contributed by atoms with Crippen molar-refractivity contribution in [3.63, 3.8) is 0 Å². The Morgan fingerprint density at radius 3 is 2.25 bits per heavy atom. The van der Waals surface area contributed by atoms with E-state index in [1.807, 2.05) is 36.4 Å². The lowest BCUT2D eigenvalue weighted by Gasteiger charge is -2.29. The monoisotopic (exact) mass is 539 g/mol. The largest absolute Gasteiger partial charge is 0.486 e. The molecular formula is C28H20Cl3NO4. The number of halogens is 3. The Kier molecular flexibility index (Phi) is 6.56. The van der Waals surface area contributed by atoms with Gasteiger partial charge >= 0.3 is 5.97 Å². The number of nitrogens with one attached hydrogen (secondary N) is 1. The summed E-state index contributed by atoms with van der Waals surface area (Å²) in [6, 6.07) is 18.0. The molecule has 1 aliphatic carbocycles. The summed E-state index contributed by atoms with van der Waals surface area (Å²) in [6.45, 7) is 1.94. The lowest BCUT2D eigenvalue weighted by atomic mass is 9.80. The van der Waals surface area contributed by atoms with Crippen molar-refractivity contribution in [3.05, 3.63) is 115 Å². The summed E-state index contributed by atoms with van der Waals surface area (Å²) < 4.78 is 11.0. The summed E-state index contributed by atoms with van der Waals surface area (Å²) in [5.74, 6) is -1.17. The maximum absolute atomic E-state index is 13.5. The van der Waals surface area contributed by atoms with E-state index in [9.17, 15) is 9.59 Å². The van der Waals surface area contributed by atoms with Crippen LogP contribution >= 0.6 is 34.8 Å². The van der Waals surface area contributed by atoms with Crippen LogP contribution in [0.4, 0.5) is 0 Å². The van der Waals surface area contributed by atoms with Gasteiger partial charge in [-0.3, -0.25) is 4.79 Å². The van der Waals surface area contributed by atoms with Crippen LogP contribution in [0, 0.1) is 0 Å². The van der Waals surface area contributed by atoms with Gasteiger partial charge in [-0.15, -0.1) is 0 Å². The molecule has 1 heterocycles. The van der Waals surface area contributed by atoms with Gasteiger partial charge in [0.05, 0.1) is 28.4 Å². The van der Waals surface area contributed by atoms with Crippen LogP contribution in [-0.2, 0) is 16.1 Å². The number of carbonyl (C=O) groups excluding carboxylic acids is 2. The van der Waals surface area contributed by atoms with Crippen LogP contribution in [0.5, 0.6) is 5.75 Å². The highest BCUT2D eigenvalue weighted by molar-refractivity contribution is 6.37. The third kappa shape index (κ3) is 4.07. The lowest BCUT2D eigenvalue weighted by Crippen LogP contribution is -2.29. The number of benzene rings is 3. The SMILES string of the molecule is COC(=O)C1=C(C)NC2=C(C(=O)c3ccccc32)[C@@H]1c1cc(Cl)c(OCc2ccccc2Cl)c(Cl)c1.